The Kier molecular flexibility index (Phi) is 15.1. The lowest BCUT2D eigenvalue weighted by molar-refractivity contribution is -0.342. The number of nitrogens with one attached hydrogen (secondary N) is 2. The molecule has 0 aromatic heterocycles. The quantitative estimate of drug-likeness (QED) is 0.0931. The third kappa shape index (κ3) is 9.14. The molecule has 4 aliphatic rings. The molecule has 4 fully saturated rings. The normalized spacial score (nSPS) is 44.5. The second kappa shape index (κ2) is 19.0. The van der Waals surface area contributed by atoms with Crippen molar-refractivity contribution in [2.45, 2.75) is 123 Å². The molecular formula is C32H48N2O22. The number of hydrogen-bond acceptors (Lipinski definition) is 22. The van der Waals surface area contributed by atoms with Crippen LogP contribution in [0.15, 0.2) is 24.3 Å². The zero-order chi connectivity index (χ0) is 41.2. The van der Waals surface area contributed by atoms with Crippen LogP contribution in [-0.2, 0) is 28.4 Å². The van der Waals surface area contributed by atoms with Crippen molar-refractivity contribution in [2.75, 3.05) is 26.4 Å². The van der Waals surface area contributed by atoms with Crippen molar-refractivity contribution in [3.8, 4) is 0 Å². The summed E-state index contributed by atoms with van der Waals surface area (Å²) < 4.78 is 32.6. The van der Waals surface area contributed by atoms with Gasteiger partial charge in [-0.1, -0.05) is 0 Å². The summed E-state index contributed by atoms with van der Waals surface area (Å²) in [4.78, 5) is 26.1. The van der Waals surface area contributed by atoms with Crippen LogP contribution in [-0.4, -0.2) is 232 Å². The summed E-state index contributed by atoms with van der Waals surface area (Å²) in [6.45, 7) is -3.24. The zero-order valence-electron chi connectivity index (χ0n) is 29.2. The van der Waals surface area contributed by atoms with E-state index in [4.69, 9.17) is 28.4 Å². The van der Waals surface area contributed by atoms with E-state index >= 15 is 0 Å². The summed E-state index contributed by atoms with van der Waals surface area (Å²) in [5.74, 6) is -1.77. The molecule has 4 saturated heterocycles. The monoisotopic (exact) mass is 812 g/mol. The molecule has 2 amide bonds. The van der Waals surface area contributed by atoms with Gasteiger partial charge in [0.25, 0.3) is 11.8 Å². The molecule has 0 aliphatic carbocycles. The van der Waals surface area contributed by atoms with Gasteiger partial charge in [0.2, 0.25) is 0 Å². The van der Waals surface area contributed by atoms with Crippen molar-refractivity contribution in [3.63, 3.8) is 0 Å². The Bertz CT molecular complexity index is 1330. The topological polar surface area (TPSA) is 397 Å². The molecule has 1 aromatic carbocycles. The first kappa shape index (κ1) is 44.5. The Balaban J connectivity index is 1.16. The standard InChI is InChI=1S/C32H48N2O22/c35-5-11-15(39)17(41)23(47)31(53-11)55-25-13(7-37)51-29(21(45)19(25)43)33-27(49)9-1-2-10(4-3-9)28(50)34-30-22(46)20(44)26(14(8-38)52-30)56-32-24(48)18(42)16(40)12(6-36)54-32/h1-4,11-26,29-32,35-48H,5-8H2,(H,33,49)(H,34,50)/t11-,12-,13-,14-,15+,16+,17+,18+,19-,20-,21-,22-,23-,24-,25-,26-,29-,30-,31+,32+/m1/s1. The molecule has 24 heteroatoms. The SMILES string of the molecule is O=C(N[C@@H]1O[C@H](CO)[C@@H](O[C@@H]2O[C@H](CO)[C@H](O)[C@H](O)[C@H]2O)[C@H](O)[C@H]1O)c1ccc(C(=O)N[C@@H]2O[C@H](CO)[C@@H](O[C@@H]3O[C@H](CO)[C@H](O)[C@H](O)[C@H]3O)[C@H](O)[C@H]2O)cc1. The third-order valence-corrected chi connectivity index (χ3v) is 9.96. The van der Waals surface area contributed by atoms with Crippen molar-refractivity contribution < 1.29 is 110 Å². The predicted molar refractivity (Wildman–Crippen MR) is 174 cm³/mol. The fourth-order valence-electron chi connectivity index (χ4n) is 6.62. The molecule has 20 atom stereocenters. The van der Waals surface area contributed by atoms with Crippen LogP contribution in [0.5, 0.6) is 0 Å². The molecule has 1 aromatic rings. The Morgan fingerprint density at radius 1 is 0.446 bits per heavy atom. The second-order valence-corrected chi connectivity index (χ2v) is 13.6. The Morgan fingerprint density at radius 3 is 1.07 bits per heavy atom. The van der Waals surface area contributed by atoms with E-state index in [0.717, 1.165) is 0 Å². The van der Waals surface area contributed by atoms with Crippen molar-refractivity contribution in [1.29, 1.82) is 0 Å². The Morgan fingerprint density at radius 2 is 0.768 bits per heavy atom. The maximum absolute atomic E-state index is 13.1. The van der Waals surface area contributed by atoms with E-state index in [-0.39, 0.29) is 11.1 Å². The molecule has 318 valence electrons. The van der Waals surface area contributed by atoms with Crippen LogP contribution >= 0.6 is 0 Å². The zero-order valence-corrected chi connectivity index (χ0v) is 29.2. The second-order valence-electron chi connectivity index (χ2n) is 13.6. The average molecular weight is 813 g/mol. The number of rotatable bonds is 12. The highest BCUT2D eigenvalue weighted by atomic mass is 16.7. The van der Waals surface area contributed by atoms with Gasteiger partial charge in [0, 0.05) is 11.1 Å². The van der Waals surface area contributed by atoms with Gasteiger partial charge in [0.15, 0.2) is 25.0 Å². The molecule has 0 bridgehead atoms. The van der Waals surface area contributed by atoms with E-state index < -0.39 is 161 Å². The van der Waals surface area contributed by atoms with Crippen LogP contribution in [0.25, 0.3) is 0 Å². The Labute approximate surface area is 316 Å². The first-order valence-electron chi connectivity index (χ1n) is 17.4. The minimum Gasteiger partial charge on any atom is -0.394 e. The van der Waals surface area contributed by atoms with Crippen LogP contribution in [0.2, 0.25) is 0 Å². The van der Waals surface area contributed by atoms with Crippen LogP contribution in [0.1, 0.15) is 20.7 Å². The predicted octanol–water partition coefficient (Wildman–Crippen LogP) is -9.61. The van der Waals surface area contributed by atoms with Gasteiger partial charge in [0.1, 0.15) is 97.7 Å². The van der Waals surface area contributed by atoms with Gasteiger partial charge in [-0.2, -0.15) is 0 Å². The molecule has 0 saturated carbocycles. The lowest BCUT2D eigenvalue weighted by atomic mass is 9.96. The summed E-state index contributed by atoms with van der Waals surface area (Å²) in [6, 6.07) is 4.72. The largest absolute Gasteiger partial charge is 0.394 e. The fraction of sp³-hybridized carbons (Fsp3) is 0.750. The van der Waals surface area contributed by atoms with Gasteiger partial charge < -0.3 is 111 Å². The molecule has 0 spiro atoms. The number of carbonyl (C=O) groups is 2. The van der Waals surface area contributed by atoms with Crippen molar-refractivity contribution in [1.82, 2.24) is 10.6 Å². The van der Waals surface area contributed by atoms with Crippen LogP contribution in [0, 0.1) is 0 Å². The number of hydrogen-bond donors (Lipinski definition) is 16. The highest BCUT2D eigenvalue weighted by Crippen LogP contribution is 2.31. The summed E-state index contributed by atoms with van der Waals surface area (Å²) >= 11 is 0. The first-order valence-corrected chi connectivity index (χ1v) is 17.4. The van der Waals surface area contributed by atoms with E-state index in [2.05, 4.69) is 10.6 Å². The number of aliphatic hydroxyl groups is 14. The number of ether oxygens (including phenoxy) is 6. The lowest BCUT2D eigenvalue weighted by Crippen LogP contribution is -2.66. The summed E-state index contributed by atoms with van der Waals surface area (Å²) in [5, 5.41) is 147. The van der Waals surface area contributed by atoms with Crippen molar-refractivity contribution in [3.05, 3.63) is 35.4 Å². The van der Waals surface area contributed by atoms with Crippen LogP contribution in [0.3, 0.4) is 0 Å². The highest BCUT2D eigenvalue weighted by Gasteiger charge is 2.52. The molecule has 0 radical (unpaired) electrons. The van der Waals surface area contributed by atoms with E-state index in [1.807, 2.05) is 0 Å². The smallest absolute Gasteiger partial charge is 0.253 e. The molecule has 56 heavy (non-hydrogen) atoms. The summed E-state index contributed by atoms with van der Waals surface area (Å²) in [6.07, 6.45) is -34.0. The van der Waals surface area contributed by atoms with E-state index in [1.54, 1.807) is 0 Å². The highest BCUT2D eigenvalue weighted by molar-refractivity contribution is 5.98. The lowest BCUT2D eigenvalue weighted by Gasteiger charge is -2.46. The van der Waals surface area contributed by atoms with Gasteiger partial charge in [-0.25, -0.2) is 0 Å². The minimum absolute atomic E-state index is 0.0926. The van der Waals surface area contributed by atoms with Gasteiger partial charge in [0.05, 0.1) is 26.4 Å². The number of aliphatic hydroxyl groups excluding tert-OH is 14. The van der Waals surface area contributed by atoms with Gasteiger partial charge in [-0.3, -0.25) is 9.59 Å². The third-order valence-electron chi connectivity index (χ3n) is 9.96. The fourth-order valence-corrected chi connectivity index (χ4v) is 6.62. The number of benzene rings is 1. The molecular weight excluding hydrogens is 764 g/mol. The van der Waals surface area contributed by atoms with Gasteiger partial charge in [-0.15, -0.1) is 0 Å². The molecule has 16 N–H and O–H groups in total. The maximum Gasteiger partial charge on any atom is 0.253 e. The van der Waals surface area contributed by atoms with E-state index in [1.165, 1.54) is 24.3 Å². The maximum atomic E-state index is 13.1. The summed E-state index contributed by atoms with van der Waals surface area (Å²) in [5.41, 5.74) is -0.185. The van der Waals surface area contributed by atoms with Crippen molar-refractivity contribution in [2.24, 2.45) is 0 Å². The van der Waals surface area contributed by atoms with Crippen LogP contribution in [0.4, 0.5) is 0 Å². The molecule has 4 heterocycles. The minimum atomic E-state index is -1.90. The summed E-state index contributed by atoms with van der Waals surface area (Å²) in [7, 11) is 0. The van der Waals surface area contributed by atoms with Gasteiger partial charge >= 0.3 is 0 Å². The van der Waals surface area contributed by atoms with E-state index in [9.17, 15) is 81.1 Å². The van der Waals surface area contributed by atoms with Gasteiger partial charge in [-0.05, 0) is 24.3 Å². The van der Waals surface area contributed by atoms with E-state index in [0.29, 0.717) is 0 Å². The molecule has 5 rings (SSSR count). The van der Waals surface area contributed by atoms with Crippen LogP contribution < -0.4 is 10.6 Å². The van der Waals surface area contributed by atoms with Crippen molar-refractivity contribution >= 4 is 11.8 Å². The molecule has 0 unspecified atom stereocenters. The number of carbonyl (C=O) groups excluding carboxylic acids is 2. The first-order chi connectivity index (χ1) is 26.6. The molecule has 24 nitrogen and oxygen atoms in total. The Hall–Kier alpha value is -2.64. The number of amides is 2. The molecule has 4 aliphatic heterocycles. The average Bonchev–Trinajstić information content (AvgIpc) is 3.20.